The number of benzene rings is 1. The minimum Gasteiger partial charge on any atom is -0.352 e. The number of alkyl halides is 2. The van der Waals surface area contributed by atoms with Crippen molar-refractivity contribution in [2.45, 2.75) is 32.7 Å². The molecular weight excluding hydrogens is 404 g/mol. The number of nitrogens with one attached hydrogen (secondary N) is 1. The fraction of sp³-hybridized carbons (Fsp3) is 0.350. The Balaban J connectivity index is 1.56. The Morgan fingerprint density at radius 1 is 1.38 bits per heavy atom. The highest BCUT2D eigenvalue weighted by molar-refractivity contribution is 6.35. The van der Waals surface area contributed by atoms with Gasteiger partial charge in [-0.25, -0.2) is 8.78 Å². The molecule has 1 aliphatic heterocycles. The highest BCUT2D eigenvalue weighted by atomic mass is 35.5. The molecule has 9 heteroatoms. The molecule has 0 aliphatic carbocycles. The second-order valence-corrected chi connectivity index (χ2v) is 7.64. The van der Waals surface area contributed by atoms with Gasteiger partial charge in [0, 0.05) is 46.8 Å². The molecule has 152 valence electrons. The first-order valence-electron chi connectivity index (χ1n) is 9.20. The molecule has 3 aromatic rings. The number of amides is 1. The molecule has 0 saturated carbocycles. The zero-order chi connectivity index (χ0) is 20.7. The number of hydrogen-bond donors (Lipinski definition) is 1. The lowest BCUT2D eigenvalue weighted by atomic mass is 9.98. The molecule has 1 amide bonds. The summed E-state index contributed by atoms with van der Waals surface area (Å²) in [6.07, 6.45) is -2.51. The summed E-state index contributed by atoms with van der Waals surface area (Å²) in [5.41, 5.74) is 2.21. The Bertz CT molecular complexity index is 1090. The minimum atomic E-state index is -2.59. The highest BCUT2D eigenvalue weighted by Gasteiger charge is 2.32. The number of Topliss-reactive ketones (excluding diaryl/α,β-unsaturated/α-hetero) is 1. The van der Waals surface area contributed by atoms with Crippen molar-refractivity contribution in [3.63, 3.8) is 0 Å². The predicted molar refractivity (Wildman–Crippen MR) is 102 cm³/mol. The maximum absolute atomic E-state index is 13.0. The third-order valence-electron chi connectivity index (χ3n) is 5.16. The van der Waals surface area contributed by atoms with Crippen molar-refractivity contribution in [3.8, 4) is 0 Å². The summed E-state index contributed by atoms with van der Waals surface area (Å²) in [7, 11) is 0. The zero-order valence-electron chi connectivity index (χ0n) is 15.5. The van der Waals surface area contributed by atoms with E-state index in [1.165, 1.54) is 6.92 Å². The van der Waals surface area contributed by atoms with Gasteiger partial charge in [-0.2, -0.15) is 0 Å². The van der Waals surface area contributed by atoms with E-state index in [0.29, 0.717) is 34.9 Å². The molecule has 1 N–H and O–H groups in total. The van der Waals surface area contributed by atoms with E-state index in [1.807, 2.05) is 6.07 Å². The van der Waals surface area contributed by atoms with Crippen LogP contribution in [-0.4, -0.2) is 39.7 Å². The molecule has 0 saturated heterocycles. The van der Waals surface area contributed by atoms with Crippen LogP contribution >= 0.6 is 11.6 Å². The minimum absolute atomic E-state index is 0.0373. The number of nitrogens with zero attached hydrogens (tertiary/aromatic N) is 2. The number of aromatic amines is 1. The van der Waals surface area contributed by atoms with E-state index in [9.17, 15) is 18.4 Å². The van der Waals surface area contributed by atoms with Gasteiger partial charge in [0.25, 0.3) is 5.91 Å². The number of fused-ring (bicyclic) bond motifs is 2. The van der Waals surface area contributed by atoms with Gasteiger partial charge in [-0.3, -0.25) is 9.59 Å². The maximum atomic E-state index is 13.0. The van der Waals surface area contributed by atoms with Crippen molar-refractivity contribution in [2.75, 3.05) is 6.54 Å². The molecule has 1 aliphatic rings. The molecule has 0 bridgehead atoms. The molecule has 3 heterocycles. The lowest BCUT2D eigenvalue weighted by Crippen LogP contribution is -2.36. The van der Waals surface area contributed by atoms with Gasteiger partial charge in [0.2, 0.25) is 18.0 Å². The van der Waals surface area contributed by atoms with Crippen LogP contribution in [-0.2, 0) is 13.0 Å². The van der Waals surface area contributed by atoms with E-state index < -0.39 is 18.1 Å². The van der Waals surface area contributed by atoms with Gasteiger partial charge in [0.05, 0.1) is 12.2 Å². The number of halogens is 3. The van der Waals surface area contributed by atoms with Crippen LogP contribution in [0.4, 0.5) is 8.78 Å². The lowest BCUT2D eigenvalue weighted by molar-refractivity contribution is 0.0669. The Hall–Kier alpha value is -2.74. The van der Waals surface area contributed by atoms with Crippen LogP contribution in [0, 0.1) is 5.92 Å². The molecule has 0 radical (unpaired) electrons. The van der Waals surface area contributed by atoms with Crippen LogP contribution in [0.15, 0.2) is 28.8 Å². The number of hydrogen-bond acceptors (Lipinski definition) is 4. The summed E-state index contributed by atoms with van der Waals surface area (Å²) in [5.74, 6) is -1.90. The zero-order valence-corrected chi connectivity index (χ0v) is 16.3. The number of aromatic nitrogens is 2. The van der Waals surface area contributed by atoms with Gasteiger partial charge in [-0.15, -0.1) is 0 Å². The van der Waals surface area contributed by atoms with Crippen molar-refractivity contribution < 1.29 is 22.9 Å². The summed E-state index contributed by atoms with van der Waals surface area (Å²) in [6, 6.07) is 7.05. The SMILES string of the molecule is C[C@@H](CC(=O)c1onc2c1CN(C(=O)c1cc3c(Cl)cccc3[nH]1)CC2)C(F)F. The summed E-state index contributed by atoms with van der Waals surface area (Å²) >= 11 is 6.18. The number of rotatable bonds is 5. The molecule has 4 rings (SSSR count). The number of carbonyl (C=O) groups excluding carboxylic acids is 2. The van der Waals surface area contributed by atoms with Crippen molar-refractivity contribution in [2.24, 2.45) is 5.92 Å². The van der Waals surface area contributed by atoms with Gasteiger partial charge >= 0.3 is 0 Å². The van der Waals surface area contributed by atoms with Crippen LogP contribution in [0.1, 0.15) is 45.6 Å². The molecule has 0 fully saturated rings. The van der Waals surface area contributed by atoms with Crippen LogP contribution < -0.4 is 0 Å². The van der Waals surface area contributed by atoms with E-state index >= 15 is 0 Å². The summed E-state index contributed by atoms with van der Waals surface area (Å²) in [5, 5.41) is 5.18. The highest BCUT2D eigenvalue weighted by Crippen LogP contribution is 2.28. The standard InChI is InChI=1S/C20H18ClF2N3O3/c1-10(19(22)23)7-17(27)18-12-9-26(6-5-15(12)25-29-18)20(28)16-8-11-13(21)3-2-4-14(11)24-16/h2-4,8,10,19,24H,5-7,9H2,1H3/t10-/m0/s1. The monoisotopic (exact) mass is 421 g/mol. The second-order valence-electron chi connectivity index (χ2n) is 7.24. The molecule has 0 spiro atoms. The fourth-order valence-corrected chi connectivity index (χ4v) is 3.71. The van der Waals surface area contributed by atoms with E-state index in [-0.39, 0.29) is 24.6 Å². The predicted octanol–water partition coefficient (Wildman–Crippen LogP) is 4.48. The van der Waals surface area contributed by atoms with Gasteiger partial charge in [0.1, 0.15) is 5.69 Å². The van der Waals surface area contributed by atoms with E-state index in [1.54, 1.807) is 23.1 Å². The third kappa shape index (κ3) is 3.64. The Morgan fingerprint density at radius 3 is 2.90 bits per heavy atom. The first-order chi connectivity index (χ1) is 13.8. The Morgan fingerprint density at radius 2 is 2.17 bits per heavy atom. The van der Waals surface area contributed by atoms with Crippen LogP contribution in [0.25, 0.3) is 10.9 Å². The molecule has 1 atom stereocenters. The maximum Gasteiger partial charge on any atom is 0.270 e. The average molecular weight is 422 g/mol. The first kappa shape index (κ1) is 19.6. The summed E-state index contributed by atoms with van der Waals surface area (Å²) in [6.45, 7) is 1.84. The van der Waals surface area contributed by atoms with Crippen molar-refractivity contribution in [1.82, 2.24) is 15.0 Å². The first-order valence-corrected chi connectivity index (χ1v) is 9.58. The normalized spacial score (nSPS) is 15.0. The van der Waals surface area contributed by atoms with Crippen molar-refractivity contribution in [3.05, 3.63) is 52.0 Å². The molecule has 1 aromatic carbocycles. The quantitative estimate of drug-likeness (QED) is 0.616. The smallest absolute Gasteiger partial charge is 0.270 e. The van der Waals surface area contributed by atoms with E-state index in [2.05, 4.69) is 10.1 Å². The summed E-state index contributed by atoms with van der Waals surface area (Å²) < 4.78 is 30.7. The lowest BCUT2D eigenvalue weighted by Gasteiger charge is -2.25. The molecular formula is C20H18ClF2N3O3. The molecule has 6 nitrogen and oxygen atoms in total. The van der Waals surface area contributed by atoms with Crippen molar-refractivity contribution >= 4 is 34.2 Å². The topological polar surface area (TPSA) is 79.2 Å². The largest absolute Gasteiger partial charge is 0.352 e. The average Bonchev–Trinajstić information content (AvgIpc) is 3.31. The second kappa shape index (κ2) is 7.59. The molecule has 29 heavy (non-hydrogen) atoms. The van der Waals surface area contributed by atoms with Gasteiger partial charge in [-0.05, 0) is 18.2 Å². The molecule has 2 aromatic heterocycles. The Labute approximate surface area is 169 Å². The van der Waals surface area contributed by atoms with Gasteiger partial charge < -0.3 is 14.4 Å². The fourth-order valence-electron chi connectivity index (χ4n) is 3.48. The number of carbonyl (C=O) groups is 2. The van der Waals surface area contributed by atoms with E-state index in [4.69, 9.17) is 16.1 Å². The molecule has 0 unspecified atom stereocenters. The van der Waals surface area contributed by atoms with E-state index in [0.717, 1.165) is 10.9 Å². The number of H-pyrrole nitrogens is 1. The number of ketones is 1. The summed E-state index contributed by atoms with van der Waals surface area (Å²) in [4.78, 5) is 30.0. The van der Waals surface area contributed by atoms with Crippen LogP contribution in [0.3, 0.4) is 0 Å². The third-order valence-corrected chi connectivity index (χ3v) is 5.49. The van der Waals surface area contributed by atoms with Gasteiger partial charge in [0.15, 0.2) is 0 Å². The van der Waals surface area contributed by atoms with Crippen LogP contribution in [0.2, 0.25) is 5.02 Å². The van der Waals surface area contributed by atoms with Gasteiger partial charge in [-0.1, -0.05) is 29.7 Å². The van der Waals surface area contributed by atoms with Crippen molar-refractivity contribution in [1.29, 1.82) is 0 Å². The Kier molecular flexibility index (Phi) is 5.12. The van der Waals surface area contributed by atoms with Crippen LogP contribution in [0.5, 0.6) is 0 Å².